The van der Waals surface area contributed by atoms with E-state index >= 15 is 0 Å². The van der Waals surface area contributed by atoms with E-state index in [-0.39, 0.29) is 12.3 Å². The number of thiophene rings is 1. The van der Waals surface area contributed by atoms with Crippen LogP contribution < -0.4 is 11.1 Å². The van der Waals surface area contributed by atoms with E-state index in [0.717, 1.165) is 9.44 Å². The van der Waals surface area contributed by atoms with Crippen molar-refractivity contribution in [2.24, 2.45) is 7.05 Å². The quantitative estimate of drug-likeness (QED) is 0.608. The van der Waals surface area contributed by atoms with E-state index < -0.39 is 11.1 Å². The summed E-state index contributed by atoms with van der Waals surface area (Å²) in [5.74, 6) is -0.163. The van der Waals surface area contributed by atoms with E-state index in [4.69, 9.17) is 0 Å². The molecule has 5 nitrogen and oxygen atoms in total. The molecule has 94 valence electrons. The Bertz CT molecular complexity index is 709. The third-order valence-corrected chi connectivity index (χ3v) is 3.61. The molecule has 0 amide bonds. The molecule has 0 aliphatic rings. The monoisotopic (exact) mass is 264 g/mol. The van der Waals surface area contributed by atoms with Crippen molar-refractivity contribution in [2.45, 2.75) is 13.5 Å². The van der Waals surface area contributed by atoms with E-state index in [9.17, 15) is 14.4 Å². The largest absolute Gasteiger partial charge is 0.316 e. The summed E-state index contributed by atoms with van der Waals surface area (Å²) in [4.78, 5) is 36.6. The van der Waals surface area contributed by atoms with Crippen molar-refractivity contribution >= 4 is 17.1 Å². The molecular formula is C12H12N2O3S. The summed E-state index contributed by atoms with van der Waals surface area (Å²) < 4.78 is 2.33. The SMILES string of the molecule is Cc1ccc(C(=O)Cn2ccn(C)c(=O)c2=O)s1. The van der Waals surface area contributed by atoms with Gasteiger partial charge in [-0.3, -0.25) is 14.4 Å². The second-order valence-electron chi connectivity index (χ2n) is 3.98. The predicted octanol–water partition coefficient (Wildman–Crippen LogP) is 0.800. The van der Waals surface area contributed by atoms with Crippen molar-refractivity contribution < 1.29 is 4.79 Å². The molecule has 0 aliphatic heterocycles. The lowest BCUT2D eigenvalue weighted by molar-refractivity contribution is 0.0974. The number of ketones is 1. The third kappa shape index (κ3) is 2.33. The van der Waals surface area contributed by atoms with Crippen LogP contribution in [0.15, 0.2) is 34.1 Å². The average molecular weight is 264 g/mol. The number of aromatic nitrogens is 2. The van der Waals surface area contributed by atoms with E-state index in [0.29, 0.717) is 4.88 Å². The van der Waals surface area contributed by atoms with Crippen molar-refractivity contribution in [3.8, 4) is 0 Å². The van der Waals surface area contributed by atoms with Crippen molar-refractivity contribution in [3.63, 3.8) is 0 Å². The van der Waals surface area contributed by atoms with Gasteiger partial charge < -0.3 is 9.13 Å². The number of aryl methyl sites for hydroxylation is 2. The molecule has 0 atom stereocenters. The lowest BCUT2D eigenvalue weighted by atomic mass is 10.3. The summed E-state index contributed by atoms with van der Waals surface area (Å²) >= 11 is 1.38. The van der Waals surface area contributed by atoms with Gasteiger partial charge in [-0.1, -0.05) is 0 Å². The first kappa shape index (κ1) is 12.5. The summed E-state index contributed by atoms with van der Waals surface area (Å²) in [6.07, 6.45) is 2.92. The molecule has 0 spiro atoms. The highest BCUT2D eigenvalue weighted by Crippen LogP contribution is 2.15. The van der Waals surface area contributed by atoms with Crippen LogP contribution in [0.2, 0.25) is 0 Å². The highest BCUT2D eigenvalue weighted by atomic mass is 32.1. The molecule has 0 fully saturated rings. The van der Waals surface area contributed by atoms with Crippen LogP contribution in [0.25, 0.3) is 0 Å². The summed E-state index contributed by atoms with van der Waals surface area (Å²) in [5.41, 5.74) is -1.31. The van der Waals surface area contributed by atoms with Crippen LogP contribution >= 0.6 is 11.3 Å². The first-order chi connectivity index (χ1) is 8.49. The minimum absolute atomic E-state index is 0.102. The van der Waals surface area contributed by atoms with E-state index in [2.05, 4.69) is 0 Å². The highest BCUT2D eigenvalue weighted by molar-refractivity contribution is 7.14. The molecule has 0 N–H and O–H groups in total. The van der Waals surface area contributed by atoms with Crippen LogP contribution in [0.3, 0.4) is 0 Å². The number of hydrogen-bond acceptors (Lipinski definition) is 4. The topological polar surface area (TPSA) is 61.1 Å². The van der Waals surface area contributed by atoms with Crippen molar-refractivity contribution in [1.82, 2.24) is 9.13 Å². The van der Waals surface area contributed by atoms with Crippen LogP contribution in [0.5, 0.6) is 0 Å². The van der Waals surface area contributed by atoms with Crippen LogP contribution in [0.4, 0.5) is 0 Å². The first-order valence-electron chi connectivity index (χ1n) is 5.35. The fourth-order valence-electron chi connectivity index (χ4n) is 1.53. The molecule has 0 bridgehead atoms. The predicted molar refractivity (Wildman–Crippen MR) is 69.3 cm³/mol. The van der Waals surface area contributed by atoms with Gasteiger partial charge in [0.15, 0.2) is 5.78 Å². The molecule has 0 unspecified atom stereocenters. The Labute approximate surface area is 107 Å². The summed E-state index contributed by atoms with van der Waals surface area (Å²) in [6.45, 7) is 1.81. The molecule has 0 aliphatic carbocycles. The zero-order valence-corrected chi connectivity index (χ0v) is 10.9. The zero-order valence-electron chi connectivity index (χ0n) is 10.0. The van der Waals surface area contributed by atoms with Gasteiger partial charge in [-0.05, 0) is 19.1 Å². The molecule has 2 aromatic heterocycles. The van der Waals surface area contributed by atoms with E-state index in [1.165, 1.54) is 35.3 Å². The Kier molecular flexibility index (Phi) is 3.29. The molecule has 0 saturated heterocycles. The van der Waals surface area contributed by atoms with Crippen molar-refractivity contribution in [2.75, 3.05) is 0 Å². The van der Waals surface area contributed by atoms with Crippen molar-refractivity contribution in [1.29, 1.82) is 0 Å². The zero-order chi connectivity index (χ0) is 13.3. The Morgan fingerprint density at radius 1 is 1.22 bits per heavy atom. The molecule has 18 heavy (non-hydrogen) atoms. The second-order valence-corrected chi connectivity index (χ2v) is 5.27. The van der Waals surface area contributed by atoms with Gasteiger partial charge in [0, 0.05) is 24.3 Å². The minimum atomic E-state index is -0.679. The van der Waals surface area contributed by atoms with Crippen molar-refractivity contribution in [3.05, 3.63) is 55.0 Å². The summed E-state index contributed by atoms with van der Waals surface area (Å²) in [6, 6.07) is 3.58. The highest BCUT2D eigenvalue weighted by Gasteiger charge is 2.11. The lowest BCUT2D eigenvalue weighted by Gasteiger charge is -2.04. The smallest absolute Gasteiger partial charge is 0.312 e. The number of rotatable bonds is 3. The summed E-state index contributed by atoms with van der Waals surface area (Å²) in [7, 11) is 1.50. The second kappa shape index (κ2) is 4.73. The van der Waals surface area contributed by atoms with Gasteiger partial charge in [-0.2, -0.15) is 0 Å². The molecule has 0 radical (unpaired) electrons. The van der Waals surface area contributed by atoms with Gasteiger partial charge in [0.05, 0.1) is 11.4 Å². The van der Waals surface area contributed by atoms with Crippen LogP contribution in [-0.2, 0) is 13.6 Å². The van der Waals surface area contributed by atoms with Gasteiger partial charge in [0.2, 0.25) is 0 Å². The van der Waals surface area contributed by atoms with Gasteiger partial charge in [-0.25, -0.2) is 0 Å². The Balaban J connectivity index is 2.31. The fourth-order valence-corrected chi connectivity index (χ4v) is 2.33. The maximum Gasteiger partial charge on any atom is 0.316 e. The number of Topliss-reactive ketones (excluding diaryl/α,β-unsaturated/α-hetero) is 1. The first-order valence-corrected chi connectivity index (χ1v) is 6.16. The number of hydrogen-bond donors (Lipinski definition) is 0. The van der Waals surface area contributed by atoms with Gasteiger partial charge in [-0.15, -0.1) is 11.3 Å². The molecule has 0 saturated carbocycles. The molecule has 2 rings (SSSR count). The fraction of sp³-hybridized carbons (Fsp3) is 0.250. The van der Waals surface area contributed by atoms with Gasteiger partial charge in [0.25, 0.3) is 0 Å². The number of carbonyl (C=O) groups excluding carboxylic acids is 1. The molecule has 6 heteroatoms. The molecule has 2 heterocycles. The summed E-state index contributed by atoms with van der Waals surface area (Å²) in [5, 5.41) is 0. The maximum atomic E-state index is 11.9. The number of carbonyl (C=O) groups is 1. The standard InChI is InChI=1S/C12H12N2O3S/c1-8-3-4-10(18-8)9(15)7-14-6-5-13(2)11(16)12(14)17/h3-6H,7H2,1-2H3. The normalized spacial score (nSPS) is 10.6. The van der Waals surface area contributed by atoms with Crippen LogP contribution in [0.1, 0.15) is 14.5 Å². The minimum Gasteiger partial charge on any atom is -0.312 e. The van der Waals surface area contributed by atoms with Gasteiger partial charge in [0.1, 0.15) is 0 Å². The van der Waals surface area contributed by atoms with E-state index in [1.807, 2.05) is 13.0 Å². The van der Waals surface area contributed by atoms with Crippen LogP contribution in [0, 0.1) is 6.92 Å². The average Bonchev–Trinajstić information content (AvgIpc) is 2.77. The maximum absolute atomic E-state index is 11.9. The Morgan fingerprint density at radius 2 is 1.94 bits per heavy atom. The van der Waals surface area contributed by atoms with Crippen LogP contribution in [-0.4, -0.2) is 14.9 Å². The molecule has 2 aromatic rings. The molecule has 0 aromatic carbocycles. The third-order valence-electron chi connectivity index (χ3n) is 2.56. The van der Waals surface area contributed by atoms with Gasteiger partial charge >= 0.3 is 11.1 Å². The Hall–Kier alpha value is -1.95. The Morgan fingerprint density at radius 3 is 2.56 bits per heavy atom. The lowest BCUT2D eigenvalue weighted by Crippen LogP contribution is -2.40. The van der Waals surface area contributed by atoms with E-state index in [1.54, 1.807) is 6.07 Å². The molecular weight excluding hydrogens is 252 g/mol. The number of nitrogens with zero attached hydrogens (tertiary/aromatic N) is 2.